The number of benzene rings is 2. The highest BCUT2D eigenvalue weighted by Crippen LogP contribution is 2.27. The molecule has 0 saturated heterocycles. The summed E-state index contributed by atoms with van der Waals surface area (Å²) in [4.78, 5) is 0.289. The van der Waals surface area contributed by atoms with Crippen LogP contribution in [0, 0.1) is 13.8 Å². The van der Waals surface area contributed by atoms with Gasteiger partial charge >= 0.3 is 0 Å². The highest BCUT2D eigenvalue weighted by molar-refractivity contribution is 7.80. The molecule has 0 aromatic heterocycles. The zero-order valence-corrected chi connectivity index (χ0v) is 12.4. The van der Waals surface area contributed by atoms with E-state index < -0.39 is 0 Å². The van der Waals surface area contributed by atoms with E-state index in [0.29, 0.717) is 10.6 Å². The number of hydrogen-bond donors (Lipinski definition) is 2. The summed E-state index contributed by atoms with van der Waals surface area (Å²) >= 11 is 11.2. The monoisotopic (exact) mass is 290 g/mol. The van der Waals surface area contributed by atoms with Crippen molar-refractivity contribution in [2.45, 2.75) is 13.8 Å². The molecule has 2 aromatic rings. The maximum absolute atomic E-state index is 6.14. The Morgan fingerprint density at radius 1 is 1.16 bits per heavy atom. The van der Waals surface area contributed by atoms with E-state index in [1.54, 1.807) is 6.07 Å². The van der Waals surface area contributed by atoms with Gasteiger partial charge in [0.1, 0.15) is 4.99 Å². The van der Waals surface area contributed by atoms with Crippen LogP contribution in [-0.4, -0.2) is 4.99 Å². The second kappa shape index (κ2) is 5.59. The largest absolute Gasteiger partial charge is 0.389 e. The Morgan fingerprint density at radius 3 is 2.53 bits per heavy atom. The van der Waals surface area contributed by atoms with Crippen LogP contribution in [0.25, 0.3) is 0 Å². The standard InChI is InChI=1S/C15H15ClN2S/c1-9-6-7-11(8-10(9)2)18-13-5-3-4-12(16)14(13)15(17)19/h3-8,18H,1-2H3,(H2,17,19). The summed E-state index contributed by atoms with van der Waals surface area (Å²) in [6.45, 7) is 4.16. The van der Waals surface area contributed by atoms with E-state index in [1.165, 1.54) is 11.1 Å². The second-order valence-corrected chi connectivity index (χ2v) is 5.30. The average Bonchev–Trinajstić information content (AvgIpc) is 2.33. The van der Waals surface area contributed by atoms with Crippen LogP contribution in [-0.2, 0) is 0 Å². The minimum Gasteiger partial charge on any atom is -0.389 e. The van der Waals surface area contributed by atoms with Crippen molar-refractivity contribution in [1.82, 2.24) is 0 Å². The number of rotatable bonds is 3. The minimum absolute atomic E-state index is 0.289. The summed E-state index contributed by atoms with van der Waals surface area (Å²) in [6.07, 6.45) is 0. The van der Waals surface area contributed by atoms with Crippen LogP contribution in [0.4, 0.5) is 11.4 Å². The van der Waals surface area contributed by atoms with Gasteiger partial charge < -0.3 is 11.1 Å². The Labute approximate surface area is 123 Å². The van der Waals surface area contributed by atoms with Gasteiger partial charge in [-0.15, -0.1) is 0 Å². The molecule has 4 heteroatoms. The van der Waals surface area contributed by atoms with E-state index in [0.717, 1.165) is 11.4 Å². The van der Waals surface area contributed by atoms with Crippen LogP contribution >= 0.6 is 23.8 Å². The maximum Gasteiger partial charge on any atom is 0.107 e. The van der Waals surface area contributed by atoms with Crippen molar-refractivity contribution in [2.24, 2.45) is 5.73 Å². The van der Waals surface area contributed by atoms with E-state index in [-0.39, 0.29) is 4.99 Å². The van der Waals surface area contributed by atoms with Crippen molar-refractivity contribution in [1.29, 1.82) is 0 Å². The van der Waals surface area contributed by atoms with Gasteiger partial charge in [-0.25, -0.2) is 0 Å². The average molecular weight is 291 g/mol. The molecule has 0 aliphatic carbocycles. The summed E-state index contributed by atoms with van der Waals surface area (Å²) in [7, 11) is 0. The molecule has 2 rings (SSSR count). The molecule has 3 N–H and O–H groups in total. The number of nitrogens with two attached hydrogens (primary N) is 1. The molecule has 0 fully saturated rings. The lowest BCUT2D eigenvalue weighted by atomic mass is 10.1. The van der Waals surface area contributed by atoms with E-state index >= 15 is 0 Å². The first-order chi connectivity index (χ1) is 8.99. The molecule has 0 amide bonds. The van der Waals surface area contributed by atoms with Crippen LogP contribution in [0.5, 0.6) is 0 Å². The summed E-state index contributed by atoms with van der Waals surface area (Å²) in [5.41, 5.74) is 10.7. The number of aryl methyl sites for hydroxylation is 2. The lowest BCUT2D eigenvalue weighted by Crippen LogP contribution is -2.12. The third-order valence-electron chi connectivity index (χ3n) is 3.05. The van der Waals surface area contributed by atoms with E-state index in [4.69, 9.17) is 29.6 Å². The van der Waals surface area contributed by atoms with Gasteiger partial charge in [-0.2, -0.15) is 0 Å². The molecule has 0 spiro atoms. The van der Waals surface area contributed by atoms with Crippen molar-refractivity contribution in [3.8, 4) is 0 Å². The molecule has 0 atom stereocenters. The first kappa shape index (κ1) is 13.8. The van der Waals surface area contributed by atoms with Gasteiger partial charge in [-0.05, 0) is 49.2 Å². The Kier molecular flexibility index (Phi) is 4.08. The van der Waals surface area contributed by atoms with Crippen LogP contribution in [0.3, 0.4) is 0 Å². The molecule has 0 aliphatic heterocycles. The predicted molar refractivity (Wildman–Crippen MR) is 86.5 cm³/mol. The Balaban J connectivity index is 2.40. The van der Waals surface area contributed by atoms with Gasteiger partial charge in [0.2, 0.25) is 0 Å². The molecule has 0 heterocycles. The third-order valence-corrected chi connectivity index (χ3v) is 3.57. The van der Waals surface area contributed by atoms with Crippen molar-refractivity contribution < 1.29 is 0 Å². The van der Waals surface area contributed by atoms with Crippen molar-refractivity contribution in [3.63, 3.8) is 0 Å². The van der Waals surface area contributed by atoms with Gasteiger partial charge in [0.25, 0.3) is 0 Å². The molecule has 0 radical (unpaired) electrons. The highest BCUT2D eigenvalue weighted by Gasteiger charge is 2.10. The van der Waals surface area contributed by atoms with Crippen LogP contribution in [0.1, 0.15) is 16.7 Å². The maximum atomic E-state index is 6.14. The number of nitrogens with one attached hydrogen (secondary N) is 1. The van der Waals surface area contributed by atoms with Crippen molar-refractivity contribution in [3.05, 3.63) is 58.1 Å². The fourth-order valence-corrected chi connectivity index (χ4v) is 2.41. The minimum atomic E-state index is 0.289. The molecule has 98 valence electrons. The Morgan fingerprint density at radius 2 is 1.89 bits per heavy atom. The van der Waals surface area contributed by atoms with Crippen molar-refractivity contribution >= 4 is 40.2 Å². The molecule has 0 unspecified atom stereocenters. The molecule has 2 aromatic carbocycles. The van der Waals surface area contributed by atoms with Crippen LogP contribution in [0.15, 0.2) is 36.4 Å². The lowest BCUT2D eigenvalue weighted by Gasteiger charge is -2.13. The molecular formula is C15H15ClN2S. The SMILES string of the molecule is Cc1ccc(Nc2cccc(Cl)c2C(N)=S)cc1C. The Hall–Kier alpha value is -1.58. The topological polar surface area (TPSA) is 38.0 Å². The molecule has 0 aliphatic rings. The number of halogens is 1. The summed E-state index contributed by atoms with van der Waals surface area (Å²) in [5.74, 6) is 0. The fraction of sp³-hybridized carbons (Fsp3) is 0.133. The quantitative estimate of drug-likeness (QED) is 0.826. The van der Waals surface area contributed by atoms with Gasteiger partial charge in [0.05, 0.1) is 16.3 Å². The Bertz CT molecular complexity index is 638. The first-order valence-electron chi connectivity index (χ1n) is 5.91. The zero-order chi connectivity index (χ0) is 14.0. The first-order valence-corrected chi connectivity index (χ1v) is 6.70. The van der Waals surface area contributed by atoms with Crippen molar-refractivity contribution in [2.75, 3.05) is 5.32 Å². The van der Waals surface area contributed by atoms with Gasteiger partial charge in [0.15, 0.2) is 0 Å². The summed E-state index contributed by atoms with van der Waals surface area (Å²) < 4.78 is 0. The van der Waals surface area contributed by atoms with Crippen LogP contribution in [0.2, 0.25) is 5.02 Å². The fourth-order valence-electron chi connectivity index (χ4n) is 1.85. The van der Waals surface area contributed by atoms with Gasteiger partial charge in [-0.3, -0.25) is 0 Å². The van der Waals surface area contributed by atoms with Gasteiger partial charge in [0, 0.05) is 5.69 Å². The molecular weight excluding hydrogens is 276 g/mol. The normalized spacial score (nSPS) is 10.3. The van der Waals surface area contributed by atoms with Gasteiger partial charge in [-0.1, -0.05) is 36.0 Å². The van der Waals surface area contributed by atoms with E-state index in [9.17, 15) is 0 Å². The smallest absolute Gasteiger partial charge is 0.107 e. The second-order valence-electron chi connectivity index (χ2n) is 4.45. The predicted octanol–water partition coefficient (Wildman–Crippen LogP) is 4.33. The third kappa shape index (κ3) is 3.06. The molecule has 0 bridgehead atoms. The lowest BCUT2D eigenvalue weighted by molar-refractivity contribution is 1.34. The van der Waals surface area contributed by atoms with E-state index in [1.807, 2.05) is 18.2 Å². The molecule has 19 heavy (non-hydrogen) atoms. The number of anilines is 2. The number of thiocarbonyl (C=S) groups is 1. The van der Waals surface area contributed by atoms with E-state index in [2.05, 4.69) is 31.3 Å². The number of hydrogen-bond acceptors (Lipinski definition) is 2. The molecule has 2 nitrogen and oxygen atoms in total. The highest BCUT2D eigenvalue weighted by atomic mass is 35.5. The molecule has 0 saturated carbocycles. The summed E-state index contributed by atoms with van der Waals surface area (Å²) in [5, 5.41) is 3.87. The summed E-state index contributed by atoms with van der Waals surface area (Å²) in [6, 6.07) is 11.7. The zero-order valence-electron chi connectivity index (χ0n) is 10.8. The van der Waals surface area contributed by atoms with Crippen LogP contribution < -0.4 is 11.1 Å².